The first-order valence-electron chi connectivity index (χ1n) is 12.4. The highest BCUT2D eigenvalue weighted by atomic mass is 16.5. The van der Waals surface area contributed by atoms with Crippen LogP contribution in [-0.4, -0.2) is 54.2 Å². The maximum absolute atomic E-state index is 12.6. The van der Waals surface area contributed by atoms with Gasteiger partial charge in [0.2, 0.25) is 5.91 Å². The van der Waals surface area contributed by atoms with Crippen molar-refractivity contribution < 1.29 is 24.2 Å². The fourth-order valence-electron chi connectivity index (χ4n) is 5.81. The SMILES string of the molecule is CC1(C(=O)O)CCN(C(=O)CC2CC(CNC(=O)OCC3c4ccccc4-c4ccccc43)C2)C1. The van der Waals surface area contributed by atoms with Crippen LogP contribution in [0, 0.1) is 17.3 Å². The molecule has 0 bridgehead atoms. The van der Waals surface area contributed by atoms with Gasteiger partial charge in [0.25, 0.3) is 0 Å². The van der Waals surface area contributed by atoms with Gasteiger partial charge in [-0.1, -0.05) is 48.5 Å². The molecule has 1 aliphatic heterocycles. The number of carbonyl (C=O) groups is 3. The van der Waals surface area contributed by atoms with Gasteiger partial charge in [-0.2, -0.15) is 0 Å². The number of hydrogen-bond acceptors (Lipinski definition) is 4. The standard InChI is InChI=1S/C28H32N2O5/c1-28(26(32)33)10-11-30(17-28)25(31)14-18-12-19(13-18)15-29-27(34)35-16-24-22-8-4-2-6-20(22)21-7-3-5-9-23(21)24/h2-9,18-19,24H,10-17H2,1H3,(H,29,34)(H,32,33). The topological polar surface area (TPSA) is 95.9 Å². The molecular weight excluding hydrogens is 444 g/mol. The summed E-state index contributed by atoms with van der Waals surface area (Å²) >= 11 is 0. The van der Waals surface area contributed by atoms with Crippen LogP contribution in [0.4, 0.5) is 4.79 Å². The molecular formula is C28H32N2O5. The highest BCUT2D eigenvalue weighted by Gasteiger charge is 2.43. The van der Waals surface area contributed by atoms with E-state index in [1.165, 1.54) is 22.3 Å². The minimum atomic E-state index is -0.837. The number of likely N-dealkylation sites (tertiary alicyclic amines) is 1. The molecule has 35 heavy (non-hydrogen) atoms. The summed E-state index contributed by atoms with van der Waals surface area (Å²) in [5.41, 5.74) is 3.96. The third-order valence-corrected chi connectivity index (χ3v) is 8.02. The number of aliphatic carboxylic acids is 1. The Labute approximate surface area is 205 Å². The van der Waals surface area contributed by atoms with Crippen LogP contribution in [0.5, 0.6) is 0 Å². The summed E-state index contributed by atoms with van der Waals surface area (Å²) in [4.78, 5) is 38.0. The largest absolute Gasteiger partial charge is 0.481 e. The first-order valence-corrected chi connectivity index (χ1v) is 12.4. The highest BCUT2D eigenvalue weighted by molar-refractivity contribution is 5.81. The quantitative estimate of drug-likeness (QED) is 0.622. The molecule has 2 aromatic carbocycles. The summed E-state index contributed by atoms with van der Waals surface area (Å²) in [6.45, 7) is 3.35. The summed E-state index contributed by atoms with van der Waals surface area (Å²) in [5.74, 6) is -0.107. The number of carboxylic acid groups (broad SMARTS) is 1. The van der Waals surface area contributed by atoms with Crippen molar-refractivity contribution in [1.82, 2.24) is 10.2 Å². The van der Waals surface area contributed by atoms with E-state index in [9.17, 15) is 19.5 Å². The Balaban J connectivity index is 1.03. The van der Waals surface area contributed by atoms with Crippen LogP contribution in [0.25, 0.3) is 11.1 Å². The van der Waals surface area contributed by atoms with E-state index in [1.54, 1.807) is 11.8 Å². The molecule has 184 valence electrons. The van der Waals surface area contributed by atoms with Crippen LogP contribution in [0.3, 0.4) is 0 Å². The van der Waals surface area contributed by atoms with E-state index >= 15 is 0 Å². The van der Waals surface area contributed by atoms with Crippen molar-refractivity contribution >= 4 is 18.0 Å². The zero-order chi connectivity index (χ0) is 24.6. The van der Waals surface area contributed by atoms with Gasteiger partial charge in [0.15, 0.2) is 0 Å². The van der Waals surface area contributed by atoms with Crippen molar-refractivity contribution in [2.24, 2.45) is 17.3 Å². The lowest BCUT2D eigenvalue weighted by Gasteiger charge is -2.36. The van der Waals surface area contributed by atoms with E-state index in [0.29, 0.717) is 50.9 Å². The molecule has 2 amide bonds. The first kappa shape index (κ1) is 23.4. The van der Waals surface area contributed by atoms with E-state index in [0.717, 1.165) is 12.8 Å². The van der Waals surface area contributed by atoms with Crippen LogP contribution in [0.2, 0.25) is 0 Å². The summed E-state index contributed by atoms with van der Waals surface area (Å²) < 4.78 is 5.60. The second-order valence-electron chi connectivity index (χ2n) is 10.5. The molecule has 2 N–H and O–H groups in total. The Hall–Kier alpha value is -3.35. The second-order valence-corrected chi connectivity index (χ2v) is 10.5. The number of rotatable bonds is 7. The van der Waals surface area contributed by atoms with Crippen molar-refractivity contribution in [3.8, 4) is 11.1 Å². The lowest BCUT2D eigenvalue weighted by atomic mass is 9.73. The fraction of sp³-hybridized carbons (Fsp3) is 0.464. The van der Waals surface area contributed by atoms with Crippen molar-refractivity contribution in [3.05, 3.63) is 59.7 Å². The van der Waals surface area contributed by atoms with E-state index in [-0.39, 0.29) is 11.8 Å². The monoisotopic (exact) mass is 476 g/mol. The highest BCUT2D eigenvalue weighted by Crippen LogP contribution is 2.44. The Morgan fingerprint density at radius 2 is 1.66 bits per heavy atom. The summed E-state index contributed by atoms with van der Waals surface area (Å²) in [6.07, 6.45) is 2.33. The molecule has 1 atom stereocenters. The molecule has 0 radical (unpaired) electrons. The van der Waals surface area contributed by atoms with Crippen molar-refractivity contribution in [2.75, 3.05) is 26.2 Å². The van der Waals surface area contributed by atoms with Gasteiger partial charge in [-0.05, 0) is 60.3 Å². The number of carbonyl (C=O) groups excluding carboxylic acids is 2. The number of alkyl carbamates (subject to hydrolysis) is 1. The summed E-state index contributed by atoms with van der Waals surface area (Å²) in [7, 11) is 0. The molecule has 1 unspecified atom stereocenters. The average molecular weight is 477 g/mol. The Bertz CT molecular complexity index is 1100. The number of amides is 2. The smallest absolute Gasteiger partial charge is 0.407 e. The van der Waals surface area contributed by atoms with Crippen LogP contribution >= 0.6 is 0 Å². The second kappa shape index (κ2) is 9.36. The molecule has 2 fully saturated rings. The number of hydrogen-bond donors (Lipinski definition) is 2. The molecule has 7 heteroatoms. The molecule has 2 aliphatic carbocycles. The number of nitrogens with zero attached hydrogens (tertiary/aromatic N) is 1. The predicted octanol–water partition coefficient (Wildman–Crippen LogP) is 4.26. The van der Waals surface area contributed by atoms with Gasteiger partial charge in [-0.3, -0.25) is 9.59 Å². The van der Waals surface area contributed by atoms with Crippen LogP contribution in [0.1, 0.15) is 49.7 Å². The number of ether oxygens (including phenoxy) is 1. The Morgan fingerprint density at radius 1 is 1.03 bits per heavy atom. The first-order chi connectivity index (χ1) is 16.8. The van der Waals surface area contributed by atoms with Gasteiger partial charge in [0.05, 0.1) is 5.41 Å². The molecule has 0 spiro atoms. The molecule has 2 aromatic rings. The van der Waals surface area contributed by atoms with Gasteiger partial charge in [0, 0.05) is 32.0 Å². The molecule has 0 aromatic heterocycles. The normalized spacial score (nSPS) is 24.9. The minimum absolute atomic E-state index is 0.0424. The van der Waals surface area contributed by atoms with Gasteiger partial charge >= 0.3 is 12.1 Å². The lowest BCUT2D eigenvalue weighted by molar-refractivity contribution is -0.147. The van der Waals surface area contributed by atoms with E-state index in [4.69, 9.17) is 4.74 Å². The minimum Gasteiger partial charge on any atom is -0.481 e. The average Bonchev–Trinajstić information content (AvgIpc) is 3.38. The maximum atomic E-state index is 12.6. The van der Waals surface area contributed by atoms with Gasteiger partial charge < -0.3 is 20.1 Å². The number of carboxylic acids is 1. The molecule has 7 nitrogen and oxygen atoms in total. The van der Waals surface area contributed by atoms with E-state index < -0.39 is 17.5 Å². The summed E-state index contributed by atoms with van der Waals surface area (Å²) in [6, 6.07) is 16.5. The van der Waals surface area contributed by atoms with Gasteiger partial charge in [-0.25, -0.2) is 4.79 Å². The third-order valence-electron chi connectivity index (χ3n) is 8.02. The van der Waals surface area contributed by atoms with Gasteiger partial charge in [0.1, 0.15) is 6.61 Å². The molecule has 3 aliphatic rings. The van der Waals surface area contributed by atoms with E-state index in [1.807, 2.05) is 24.3 Å². The van der Waals surface area contributed by atoms with Crippen molar-refractivity contribution in [3.63, 3.8) is 0 Å². The third kappa shape index (κ3) is 4.64. The molecule has 5 rings (SSSR count). The Kier molecular flexibility index (Phi) is 6.26. The molecule has 1 saturated carbocycles. The summed E-state index contributed by atoms with van der Waals surface area (Å²) in [5, 5.41) is 12.2. The lowest BCUT2D eigenvalue weighted by Crippen LogP contribution is -2.40. The fourth-order valence-corrected chi connectivity index (χ4v) is 5.81. The molecule has 1 heterocycles. The number of nitrogens with one attached hydrogen (secondary N) is 1. The number of benzene rings is 2. The zero-order valence-electron chi connectivity index (χ0n) is 20.0. The zero-order valence-corrected chi connectivity index (χ0v) is 20.0. The van der Waals surface area contributed by atoms with Crippen molar-refractivity contribution in [2.45, 2.75) is 38.5 Å². The molecule has 1 saturated heterocycles. The van der Waals surface area contributed by atoms with Gasteiger partial charge in [-0.15, -0.1) is 0 Å². The van der Waals surface area contributed by atoms with Crippen LogP contribution < -0.4 is 5.32 Å². The van der Waals surface area contributed by atoms with Crippen LogP contribution in [-0.2, 0) is 14.3 Å². The Morgan fingerprint density at radius 3 is 2.26 bits per heavy atom. The van der Waals surface area contributed by atoms with Crippen LogP contribution in [0.15, 0.2) is 48.5 Å². The van der Waals surface area contributed by atoms with Crippen molar-refractivity contribution in [1.29, 1.82) is 0 Å². The maximum Gasteiger partial charge on any atom is 0.407 e. The predicted molar refractivity (Wildman–Crippen MR) is 131 cm³/mol. The number of fused-ring (bicyclic) bond motifs is 3. The van der Waals surface area contributed by atoms with E-state index in [2.05, 4.69) is 29.6 Å².